The molecule has 0 amide bonds. The second-order valence-electron chi connectivity index (χ2n) is 3.18. The highest BCUT2D eigenvalue weighted by molar-refractivity contribution is 14.2. The summed E-state index contributed by atoms with van der Waals surface area (Å²) in [7, 11) is 0. The van der Waals surface area contributed by atoms with Gasteiger partial charge in [0.05, 0.1) is 30.1 Å². The Morgan fingerprint density at radius 1 is 1.53 bits per heavy atom. The van der Waals surface area contributed by atoms with Gasteiger partial charge >= 0.3 is 0 Å². The van der Waals surface area contributed by atoms with E-state index in [1.165, 1.54) is 0 Å². The molecular weight excluding hydrogens is 322 g/mol. The van der Waals surface area contributed by atoms with Crippen LogP contribution < -0.4 is 4.74 Å². The summed E-state index contributed by atoms with van der Waals surface area (Å²) in [6.07, 6.45) is 3.53. The van der Waals surface area contributed by atoms with E-state index in [0.717, 1.165) is 29.7 Å². The van der Waals surface area contributed by atoms with Gasteiger partial charge in [-0.25, -0.2) is 4.45 Å². The van der Waals surface area contributed by atoms with Gasteiger partial charge in [0, 0.05) is 0 Å². The predicted octanol–water partition coefficient (Wildman–Crippen LogP) is 3.62. The Hall–Kier alpha value is -0.350. The Bertz CT molecular complexity index is 458. The Balaban J connectivity index is 2.42. The normalized spacial score (nSPS) is 11.6. The van der Waals surface area contributed by atoms with E-state index < -0.39 is 0 Å². The molecule has 1 heterocycles. The van der Waals surface area contributed by atoms with Crippen molar-refractivity contribution in [1.82, 2.24) is 9.55 Å². The SMILES string of the molecule is CCCOc1cccc2c1cnn2PI. The monoisotopic (exact) mass is 334 g/mol. The highest BCUT2D eigenvalue weighted by Crippen LogP contribution is 2.32. The summed E-state index contributed by atoms with van der Waals surface area (Å²) in [6, 6.07) is 6.09. The Kier molecular flexibility index (Phi) is 3.81. The van der Waals surface area contributed by atoms with Crippen molar-refractivity contribution in [3.63, 3.8) is 0 Å². The number of nitrogens with zero attached hydrogens (tertiary/aromatic N) is 2. The van der Waals surface area contributed by atoms with Crippen LogP contribution in [-0.4, -0.2) is 16.2 Å². The summed E-state index contributed by atoms with van der Waals surface area (Å²) < 4.78 is 7.67. The molecule has 2 aromatic rings. The molecule has 0 N–H and O–H groups in total. The highest BCUT2D eigenvalue weighted by Gasteiger charge is 2.06. The summed E-state index contributed by atoms with van der Waals surface area (Å²) in [6.45, 7) is 2.87. The van der Waals surface area contributed by atoms with Crippen LogP contribution in [-0.2, 0) is 0 Å². The summed E-state index contributed by atoms with van der Waals surface area (Å²) in [5, 5.41) is 5.43. The van der Waals surface area contributed by atoms with Gasteiger partial charge in [-0.1, -0.05) is 13.0 Å². The van der Waals surface area contributed by atoms with Crippen LogP contribution >= 0.6 is 28.4 Å². The topological polar surface area (TPSA) is 27.1 Å². The van der Waals surface area contributed by atoms with E-state index >= 15 is 0 Å². The van der Waals surface area contributed by atoms with Crippen LogP contribution in [0.2, 0.25) is 0 Å². The van der Waals surface area contributed by atoms with Gasteiger partial charge in [-0.2, -0.15) is 5.10 Å². The minimum atomic E-state index is 0.627. The minimum Gasteiger partial charge on any atom is -0.493 e. The Morgan fingerprint density at radius 3 is 3.13 bits per heavy atom. The van der Waals surface area contributed by atoms with Gasteiger partial charge in [0.1, 0.15) is 5.75 Å². The maximum Gasteiger partial charge on any atom is 0.130 e. The van der Waals surface area contributed by atoms with Crippen molar-refractivity contribution < 1.29 is 4.74 Å². The molecule has 0 fully saturated rings. The van der Waals surface area contributed by atoms with E-state index in [2.05, 4.69) is 40.1 Å². The standard InChI is InChI=1S/C10H12IN2OP/c1-2-6-14-10-5-3-4-9-8(10)7-12-13(9)15-11/h3-5,7,15H,2,6H2,1H3. The first kappa shape index (κ1) is 11.1. The highest BCUT2D eigenvalue weighted by atomic mass is 127. The number of benzene rings is 1. The third-order valence-corrected chi connectivity index (χ3v) is 4.00. The second kappa shape index (κ2) is 5.12. The van der Waals surface area contributed by atoms with Gasteiger partial charge in [0.15, 0.2) is 0 Å². The first-order valence-electron chi connectivity index (χ1n) is 4.83. The van der Waals surface area contributed by atoms with Crippen molar-refractivity contribution in [2.24, 2.45) is 0 Å². The summed E-state index contributed by atoms with van der Waals surface area (Å²) in [4.78, 5) is 0. The number of ether oxygens (including phenoxy) is 1. The van der Waals surface area contributed by atoms with Crippen LogP contribution in [0.15, 0.2) is 24.4 Å². The lowest BCUT2D eigenvalue weighted by Gasteiger charge is -2.05. The summed E-state index contributed by atoms with van der Waals surface area (Å²) in [5.41, 5.74) is 1.15. The molecule has 0 aliphatic heterocycles. The van der Waals surface area contributed by atoms with Gasteiger partial charge in [-0.3, -0.25) is 0 Å². The fourth-order valence-corrected chi connectivity index (χ4v) is 2.97. The average Bonchev–Trinajstić information content (AvgIpc) is 2.69. The fraction of sp³-hybridized carbons (Fsp3) is 0.300. The fourth-order valence-electron chi connectivity index (χ4n) is 1.43. The molecule has 1 aromatic heterocycles. The van der Waals surface area contributed by atoms with Crippen molar-refractivity contribution in [2.45, 2.75) is 13.3 Å². The van der Waals surface area contributed by atoms with E-state index in [0.29, 0.717) is 6.37 Å². The van der Waals surface area contributed by atoms with Crippen LogP contribution in [0.3, 0.4) is 0 Å². The van der Waals surface area contributed by atoms with Crippen molar-refractivity contribution in [1.29, 1.82) is 0 Å². The largest absolute Gasteiger partial charge is 0.493 e. The van der Waals surface area contributed by atoms with E-state index in [1.807, 2.05) is 22.8 Å². The molecule has 1 aromatic carbocycles. The lowest BCUT2D eigenvalue weighted by molar-refractivity contribution is 0.321. The summed E-state index contributed by atoms with van der Waals surface area (Å²) >= 11 is 2.33. The summed E-state index contributed by atoms with van der Waals surface area (Å²) in [5.74, 6) is 0.940. The third kappa shape index (κ3) is 2.26. The maximum atomic E-state index is 5.67. The smallest absolute Gasteiger partial charge is 0.130 e. The predicted molar refractivity (Wildman–Crippen MR) is 73.3 cm³/mol. The third-order valence-electron chi connectivity index (χ3n) is 2.12. The number of halogens is 1. The van der Waals surface area contributed by atoms with Crippen LogP contribution in [0, 0.1) is 0 Å². The van der Waals surface area contributed by atoms with Gasteiger partial charge in [-0.05, 0) is 40.6 Å². The Labute approximate surface area is 104 Å². The minimum absolute atomic E-state index is 0.627. The molecule has 0 saturated heterocycles. The lowest BCUT2D eigenvalue weighted by Crippen LogP contribution is -1.94. The molecule has 0 aliphatic carbocycles. The zero-order valence-corrected chi connectivity index (χ0v) is 11.6. The number of aromatic nitrogens is 2. The van der Waals surface area contributed by atoms with E-state index in [4.69, 9.17) is 4.74 Å². The molecule has 5 heteroatoms. The van der Waals surface area contributed by atoms with Crippen molar-refractivity contribution in [3.05, 3.63) is 24.4 Å². The van der Waals surface area contributed by atoms with Gasteiger partial charge < -0.3 is 4.74 Å². The first-order valence-corrected chi connectivity index (χ1v) is 8.89. The second-order valence-corrected chi connectivity index (χ2v) is 5.22. The molecule has 0 spiro atoms. The molecule has 0 bridgehead atoms. The van der Waals surface area contributed by atoms with Crippen molar-refractivity contribution >= 4 is 39.3 Å². The van der Waals surface area contributed by atoms with Crippen molar-refractivity contribution in [2.75, 3.05) is 6.61 Å². The van der Waals surface area contributed by atoms with E-state index in [9.17, 15) is 0 Å². The number of rotatable bonds is 4. The number of hydrogen-bond acceptors (Lipinski definition) is 2. The molecule has 15 heavy (non-hydrogen) atoms. The molecule has 2 rings (SSSR count). The molecular formula is C10H12IN2OP. The van der Waals surface area contributed by atoms with Gasteiger partial charge in [0.25, 0.3) is 0 Å². The number of fused-ring (bicyclic) bond motifs is 1. The molecule has 0 aliphatic rings. The number of hydrogen-bond donors (Lipinski definition) is 0. The molecule has 0 saturated carbocycles. The zero-order valence-electron chi connectivity index (χ0n) is 8.40. The molecule has 0 radical (unpaired) electrons. The van der Waals surface area contributed by atoms with E-state index in [-0.39, 0.29) is 0 Å². The maximum absolute atomic E-state index is 5.67. The lowest BCUT2D eigenvalue weighted by atomic mass is 10.2. The molecule has 3 nitrogen and oxygen atoms in total. The van der Waals surface area contributed by atoms with E-state index in [1.54, 1.807) is 0 Å². The van der Waals surface area contributed by atoms with Gasteiger partial charge in [-0.15, -0.1) is 0 Å². The van der Waals surface area contributed by atoms with Gasteiger partial charge in [0.2, 0.25) is 0 Å². The van der Waals surface area contributed by atoms with Crippen LogP contribution in [0.5, 0.6) is 5.75 Å². The zero-order chi connectivity index (χ0) is 10.7. The molecule has 1 unspecified atom stereocenters. The first-order chi connectivity index (χ1) is 7.36. The molecule has 80 valence electrons. The van der Waals surface area contributed by atoms with Crippen LogP contribution in [0.25, 0.3) is 10.9 Å². The van der Waals surface area contributed by atoms with Crippen LogP contribution in [0.1, 0.15) is 13.3 Å². The Morgan fingerprint density at radius 2 is 2.40 bits per heavy atom. The molecule has 1 atom stereocenters. The average molecular weight is 334 g/mol. The van der Waals surface area contributed by atoms with Crippen LogP contribution in [0.4, 0.5) is 0 Å². The quantitative estimate of drug-likeness (QED) is 0.631. The van der Waals surface area contributed by atoms with Crippen molar-refractivity contribution in [3.8, 4) is 5.75 Å².